The molecule has 1 saturated heterocycles. The second kappa shape index (κ2) is 7.14. The lowest BCUT2D eigenvalue weighted by atomic mass is 10.1. The Morgan fingerprint density at radius 2 is 2.11 bits per heavy atom. The molecule has 5 heterocycles. The third-order valence-electron chi connectivity index (χ3n) is 5.06. The van der Waals surface area contributed by atoms with Gasteiger partial charge in [-0.05, 0) is 12.1 Å². The maximum Gasteiger partial charge on any atom is 0.121 e. The summed E-state index contributed by atoms with van der Waals surface area (Å²) in [7, 11) is 1.94. The van der Waals surface area contributed by atoms with E-state index in [-0.39, 0.29) is 6.10 Å². The van der Waals surface area contributed by atoms with Crippen LogP contribution >= 0.6 is 0 Å². The summed E-state index contributed by atoms with van der Waals surface area (Å²) < 4.78 is 9.68. The van der Waals surface area contributed by atoms with E-state index in [0.717, 1.165) is 42.0 Å². The van der Waals surface area contributed by atoms with Crippen LogP contribution in [0.2, 0.25) is 0 Å². The van der Waals surface area contributed by atoms with E-state index in [1.807, 2.05) is 47.0 Å². The quantitative estimate of drug-likeness (QED) is 0.544. The molecule has 0 radical (unpaired) electrons. The first kappa shape index (κ1) is 17.0. The molecule has 0 N–H and O–H groups in total. The van der Waals surface area contributed by atoms with Crippen LogP contribution in [0.1, 0.15) is 17.4 Å². The average molecular weight is 375 g/mol. The number of fused-ring (bicyclic) bond motifs is 1. The largest absolute Gasteiger partial charge is 0.369 e. The van der Waals surface area contributed by atoms with E-state index in [1.54, 1.807) is 6.20 Å². The van der Waals surface area contributed by atoms with Gasteiger partial charge in [0.2, 0.25) is 0 Å². The third kappa shape index (κ3) is 3.28. The van der Waals surface area contributed by atoms with Crippen molar-refractivity contribution in [3.05, 3.63) is 66.5 Å². The normalized spacial score (nSPS) is 18.0. The Balaban J connectivity index is 1.38. The highest BCUT2D eigenvalue weighted by molar-refractivity contribution is 5.65. The van der Waals surface area contributed by atoms with Crippen molar-refractivity contribution in [2.45, 2.75) is 12.6 Å². The van der Waals surface area contributed by atoms with E-state index >= 15 is 0 Å². The van der Waals surface area contributed by atoms with Gasteiger partial charge >= 0.3 is 0 Å². The number of rotatable bonds is 4. The molecule has 4 aromatic heterocycles. The van der Waals surface area contributed by atoms with Crippen LogP contribution in [0.15, 0.2) is 55.2 Å². The second-order valence-electron chi connectivity index (χ2n) is 7.08. The predicted octanol–water partition coefficient (Wildman–Crippen LogP) is 2.10. The molecule has 0 unspecified atom stereocenters. The number of hydrogen-bond donors (Lipinski definition) is 0. The smallest absolute Gasteiger partial charge is 0.121 e. The Bertz CT molecular complexity index is 1090. The Hall–Kier alpha value is -3.10. The molecule has 8 heteroatoms. The zero-order valence-electron chi connectivity index (χ0n) is 15.6. The van der Waals surface area contributed by atoms with Crippen molar-refractivity contribution in [2.24, 2.45) is 7.05 Å². The Morgan fingerprint density at radius 1 is 1.14 bits per heavy atom. The van der Waals surface area contributed by atoms with Gasteiger partial charge in [0.25, 0.3) is 0 Å². The minimum Gasteiger partial charge on any atom is -0.369 e. The van der Waals surface area contributed by atoms with Crippen molar-refractivity contribution >= 4 is 5.52 Å². The molecule has 4 aromatic rings. The summed E-state index contributed by atoms with van der Waals surface area (Å²) in [6.45, 7) is 3.22. The third-order valence-corrected chi connectivity index (χ3v) is 5.06. The van der Waals surface area contributed by atoms with Gasteiger partial charge < -0.3 is 4.74 Å². The molecule has 1 atom stereocenters. The predicted molar refractivity (Wildman–Crippen MR) is 103 cm³/mol. The van der Waals surface area contributed by atoms with Crippen LogP contribution in [-0.2, 0) is 18.3 Å². The van der Waals surface area contributed by atoms with Crippen LogP contribution in [0.3, 0.4) is 0 Å². The van der Waals surface area contributed by atoms with E-state index in [9.17, 15) is 0 Å². The summed E-state index contributed by atoms with van der Waals surface area (Å²) in [6, 6.07) is 8.10. The highest BCUT2D eigenvalue weighted by Gasteiger charge is 2.26. The summed E-state index contributed by atoms with van der Waals surface area (Å²) >= 11 is 0. The first-order valence-electron chi connectivity index (χ1n) is 9.33. The Kier molecular flexibility index (Phi) is 4.34. The first-order chi connectivity index (χ1) is 13.8. The van der Waals surface area contributed by atoms with Crippen molar-refractivity contribution in [1.29, 1.82) is 0 Å². The standard InChI is InChI=1S/C20H21N7O/c1-25-11-15(9-22-25)12-26-7-8-28-19(14-26)20-18-5-4-17(13-27(18)24-23-20)16-3-2-6-21-10-16/h2-6,9-11,13,19H,7-8,12,14H2,1H3/t19-/m1/s1. The van der Waals surface area contributed by atoms with E-state index < -0.39 is 0 Å². The highest BCUT2D eigenvalue weighted by atomic mass is 16.5. The molecule has 5 rings (SSSR count). The molecular formula is C20H21N7O. The van der Waals surface area contributed by atoms with E-state index in [4.69, 9.17) is 4.74 Å². The molecule has 28 heavy (non-hydrogen) atoms. The first-order valence-corrected chi connectivity index (χ1v) is 9.33. The molecule has 1 aliphatic heterocycles. The van der Waals surface area contributed by atoms with E-state index in [0.29, 0.717) is 6.61 Å². The Morgan fingerprint density at radius 3 is 2.93 bits per heavy atom. The maximum absolute atomic E-state index is 6.03. The number of aryl methyl sites for hydroxylation is 1. The van der Waals surface area contributed by atoms with Gasteiger partial charge in [0.15, 0.2) is 0 Å². The summed E-state index contributed by atoms with van der Waals surface area (Å²) in [5.41, 5.74) is 5.17. The number of aromatic nitrogens is 6. The molecule has 0 amide bonds. The van der Waals surface area contributed by atoms with Crippen LogP contribution < -0.4 is 0 Å². The van der Waals surface area contributed by atoms with Crippen molar-refractivity contribution < 1.29 is 4.74 Å². The Labute approximate surface area is 162 Å². The summed E-state index contributed by atoms with van der Waals surface area (Å²) in [5.74, 6) is 0. The van der Waals surface area contributed by atoms with Crippen molar-refractivity contribution in [3.63, 3.8) is 0 Å². The summed E-state index contributed by atoms with van der Waals surface area (Å²) in [4.78, 5) is 6.56. The number of morpholine rings is 1. The van der Waals surface area contributed by atoms with Gasteiger partial charge in [-0.15, -0.1) is 5.10 Å². The van der Waals surface area contributed by atoms with Gasteiger partial charge in [-0.25, -0.2) is 4.52 Å². The van der Waals surface area contributed by atoms with Crippen LogP contribution in [0.5, 0.6) is 0 Å². The number of pyridine rings is 2. The van der Waals surface area contributed by atoms with Crippen molar-refractivity contribution in [2.75, 3.05) is 19.7 Å². The highest BCUT2D eigenvalue weighted by Crippen LogP contribution is 2.27. The molecule has 0 aromatic carbocycles. The fourth-order valence-corrected chi connectivity index (χ4v) is 3.67. The minimum absolute atomic E-state index is 0.0906. The molecule has 0 bridgehead atoms. The fraction of sp³-hybridized carbons (Fsp3) is 0.300. The topological polar surface area (TPSA) is 73.4 Å². The molecule has 1 aliphatic rings. The molecule has 0 aliphatic carbocycles. The lowest BCUT2D eigenvalue weighted by Crippen LogP contribution is -2.38. The second-order valence-corrected chi connectivity index (χ2v) is 7.08. The molecular weight excluding hydrogens is 354 g/mol. The molecule has 1 fully saturated rings. The number of ether oxygens (including phenoxy) is 1. The maximum atomic E-state index is 6.03. The summed E-state index contributed by atoms with van der Waals surface area (Å²) in [6.07, 6.45) is 9.48. The van der Waals surface area contributed by atoms with Gasteiger partial charge in [0, 0.05) is 68.2 Å². The number of nitrogens with zero attached hydrogens (tertiary/aromatic N) is 7. The lowest BCUT2D eigenvalue weighted by molar-refractivity contribution is -0.0343. The minimum atomic E-state index is -0.0906. The number of hydrogen-bond acceptors (Lipinski definition) is 6. The summed E-state index contributed by atoms with van der Waals surface area (Å²) in [5, 5.41) is 13.0. The lowest BCUT2D eigenvalue weighted by Gasteiger charge is -2.31. The SMILES string of the molecule is Cn1cc(CN2CCO[C@@H](c3nnn4cc(-c5cccnc5)ccc34)C2)cn1. The van der Waals surface area contributed by atoms with Gasteiger partial charge in [0.05, 0.1) is 18.3 Å². The van der Waals surface area contributed by atoms with Crippen molar-refractivity contribution in [1.82, 2.24) is 34.5 Å². The molecule has 0 saturated carbocycles. The van der Waals surface area contributed by atoms with E-state index in [2.05, 4.69) is 43.6 Å². The van der Waals surface area contributed by atoms with Crippen LogP contribution in [0, 0.1) is 0 Å². The monoisotopic (exact) mass is 375 g/mol. The molecule has 0 spiro atoms. The van der Waals surface area contributed by atoms with Gasteiger partial charge in [-0.1, -0.05) is 17.3 Å². The van der Waals surface area contributed by atoms with Crippen LogP contribution in [-0.4, -0.2) is 54.2 Å². The van der Waals surface area contributed by atoms with Gasteiger partial charge in [-0.2, -0.15) is 5.10 Å². The zero-order valence-corrected chi connectivity index (χ0v) is 15.6. The van der Waals surface area contributed by atoms with Gasteiger partial charge in [0.1, 0.15) is 11.8 Å². The zero-order chi connectivity index (χ0) is 18.9. The van der Waals surface area contributed by atoms with Crippen LogP contribution in [0.25, 0.3) is 16.6 Å². The average Bonchev–Trinajstić information content (AvgIpc) is 3.34. The molecule has 142 valence electrons. The molecule has 8 nitrogen and oxygen atoms in total. The van der Waals surface area contributed by atoms with Crippen molar-refractivity contribution in [3.8, 4) is 11.1 Å². The fourth-order valence-electron chi connectivity index (χ4n) is 3.67. The van der Waals surface area contributed by atoms with E-state index in [1.165, 1.54) is 5.56 Å². The van der Waals surface area contributed by atoms with Gasteiger partial charge in [-0.3, -0.25) is 14.6 Å². The van der Waals surface area contributed by atoms with Crippen LogP contribution in [0.4, 0.5) is 0 Å².